The van der Waals surface area contributed by atoms with Crippen molar-refractivity contribution < 1.29 is 9.18 Å². The number of hydrogen-bond acceptors (Lipinski definition) is 1. The lowest BCUT2D eigenvalue weighted by molar-refractivity contribution is 0.101. The van der Waals surface area contributed by atoms with Crippen LogP contribution < -0.4 is 0 Å². The molecule has 1 aromatic rings. The average Bonchev–Trinajstić information content (AvgIpc) is 2.55. The fourth-order valence-electron chi connectivity index (χ4n) is 3.89. The molecule has 0 heterocycles. The minimum absolute atomic E-state index is 0.194. The van der Waals surface area contributed by atoms with E-state index in [9.17, 15) is 9.18 Å². The van der Waals surface area contributed by atoms with Crippen LogP contribution in [0.15, 0.2) is 18.2 Å². The molecule has 1 nitrogen and oxygen atoms in total. The Morgan fingerprint density at radius 3 is 2.39 bits per heavy atom. The van der Waals surface area contributed by atoms with Gasteiger partial charge >= 0.3 is 0 Å². The number of benzene rings is 1. The molecule has 0 atom stereocenters. The van der Waals surface area contributed by atoms with E-state index in [4.69, 9.17) is 0 Å². The van der Waals surface area contributed by atoms with Gasteiger partial charge in [0.1, 0.15) is 5.82 Å². The number of rotatable bonds is 8. The van der Waals surface area contributed by atoms with E-state index in [-0.39, 0.29) is 17.2 Å². The average molecular weight is 318 g/mol. The summed E-state index contributed by atoms with van der Waals surface area (Å²) < 4.78 is 14.0. The molecule has 1 saturated carbocycles. The van der Waals surface area contributed by atoms with E-state index in [1.54, 1.807) is 12.1 Å². The van der Waals surface area contributed by atoms with Gasteiger partial charge in [0.25, 0.3) is 0 Å². The van der Waals surface area contributed by atoms with Gasteiger partial charge in [-0.3, -0.25) is 4.79 Å². The Labute approximate surface area is 140 Å². The SMILES string of the molecule is CCCCCCCC1CCC(c2ccc(C(C)=O)c(F)c2)CC1. The number of ketones is 1. The third-order valence-corrected chi connectivity index (χ3v) is 5.41. The lowest BCUT2D eigenvalue weighted by Crippen LogP contribution is -2.14. The van der Waals surface area contributed by atoms with Gasteiger partial charge in [-0.05, 0) is 62.1 Å². The first-order valence-electron chi connectivity index (χ1n) is 9.42. The molecule has 1 aromatic carbocycles. The smallest absolute Gasteiger partial charge is 0.162 e. The Hall–Kier alpha value is -1.18. The van der Waals surface area contributed by atoms with Crippen molar-refractivity contribution in [1.82, 2.24) is 0 Å². The zero-order valence-corrected chi connectivity index (χ0v) is 14.7. The Bertz CT molecular complexity index is 501. The van der Waals surface area contributed by atoms with Crippen molar-refractivity contribution in [3.8, 4) is 0 Å². The quantitative estimate of drug-likeness (QED) is 0.387. The van der Waals surface area contributed by atoms with Gasteiger partial charge in [0, 0.05) is 0 Å². The second-order valence-corrected chi connectivity index (χ2v) is 7.22. The number of unbranched alkanes of at least 4 members (excludes halogenated alkanes) is 4. The highest BCUT2D eigenvalue weighted by Gasteiger charge is 2.23. The summed E-state index contributed by atoms with van der Waals surface area (Å²) >= 11 is 0. The van der Waals surface area contributed by atoms with Crippen LogP contribution in [0.1, 0.15) is 99.9 Å². The molecule has 0 aliphatic heterocycles. The maximum atomic E-state index is 14.0. The van der Waals surface area contributed by atoms with Crippen LogP contribution in [0.5, 0.6) is 0 Å². The van der Waals surface area contributed by atoms with Crippen LogP contribution in [-0.2, 0) is 0 Å². The molecule has 0 spiro atoms. The Balaban J connectivity index is 1.78. The van der Waals surface area contributed by atoms with E-state index in [0.717, 1.165) is 11.5 Å². The summed E-state index contributed by atoms with van der Waals surface area (Å²) in [5.74, 6) is 0.796. The first-order valence-corrected chi connectivity index (χ1v) is 9.42. The van der Waals surface area contributed by atoms with Crippen LogP contribution in [0, 0.1) is 11.7 Å². The molecular weight excluding hydrogens is 287 g/mol. The number of carbonyl (C=O) groups excluding carboxylic acids is 1. The summed E-state index contributed by atoms with van der Waals surface area (Å²) in [6, 6.07) is 5.20. The van der Waals surface area contributed by atoms with E-state index in [2.05, 4.69) is 6.92 Å². The van der Waals surface area contributed by atoms with Gasteiger partial charge in [-0.1, -0.05) is 51.5 Å². The van der Waals surface area contributed by atoms with E-state index < -0.39 is 0 Å². The van der Waals surface area contributed by atoms with Crippen molar-refractivity contribution in [3.05, 3.63) is 35.1 Å². The molecule has 2 rings (SSSR count). The third kappa shape index (κ3) is 5.44. The molecule has 0 bridgehead atoms. The van der Waals surface area contributed by atoms with Gasteiger partial charge in [-0.15, -0.1) is 0 Å². The van der Waals surface area contributed by atoms with E-state index in [1.165, 1.54) is 71.1 Å². The number of Topliss-reactive ketones (excluding diaryl/α,β-unsaturated/α-hetero) is 1. The van der Waals surface area contributed by atoms with Crippen molar-refractivity contribution >= 4 is 5.78 Å². The van der Waals surface area contributed by atoms with Crippen molar-refractivity contribution in [3.63, 3.8) is 0 Å². The van der Waals surface area contributed by atoms with Crippen molar-refractivity contribution in [2.75, 3.05) is 0 Å². The first kappa shape index (κ1) is 18.2. The minimum Gasteiger partial charge on any atom is -0.294 e. The summed E-state index contributed by atoms with van der Waals surface area (Å²) in [6.45, 7) is 3.68. The predicted molar refractivity (Wildman–Crippen MR) is 94.5 cm³/mol. The first-order chi connectivity index (χ1) is 11.1. The summed E-state index contributed by atoms with van der Waals surface area (Å²) in [4.78, 5) is 11.3. The zero-order valence-electron chi connectivity index (χ0n) is 14.7. The molecule has 1 fully saturated rings. The molecule has 1 aliphatic rings. The standard InChI is InChI=1S/C21H31FO/c1-3-4-5-6-7-8-17-9-11-18(12-10-17)19-13-14-20(16(2)23)21(22)15-19/h13-15,17-18H,3-12H2,1-2H3. The van der Waals surface area contributed by atoms with E-state index >= 15 is 0 Å². The van der Waals surface area contributed by atoms with Crippen molar-refractivity contribution in [2.24, 2.45) is 5.92 Å². The van der Waals surface area contributed by atoms with Gasteiger partial charge in [0.05, 0.1) is 5.56 Å². The molecule has 0 N–H and O–H groups in total. The monoisotopic (exact) mass is 318 g/mol. The molecular formula is C21H31FO. The fraction of sp³-hybridized carbons (Fsp3) is 0.667. The molecule has 0 radical (unpaired) electrons. The topological polar surface area (TPSA) is 17.1 Å². The summed E-state index contributed by atoms with van der Waals surface area (Å²) in [7, 11) is 0. The lowest BCUT2D eigenvalue weighted by Gasteiger charge is -2.29. The largest absolute Gasteiger partial charge is 0.294 e. The number of carbonyl (C=O) groups is 1. The lowest BCUT2D eigenvalue weighted by atomic mass is 9.77. The van der Waals surface area contributed by atoms with Crippen LogP contribution in [-0.4, -0.2) is 5.78 Å². The van der Waals surface area contributed by atoms with Gasteiger partial charge in [0.2, 0.25) is 0 Å². The molecule has 0 amide bonds. The molecule has 0 aromatic heterocycles. The summed E-state index contributed by atoms with van der Waals surface area (Å²) in [6.07, 6.45) is 13.1. The van der Waals surface area contributed by atoms with Gasteiger partial charge in [0.15, 0.2) is 5.78 Å². The third-order valence-electron chi connectivity index (χ3n) is 5.41. The Kier molecular flexibility index (Phi) is 7.26. The molecule has 128 valence electrons. The molecule has 1 aliphatic carbocycles. The highest BCUT2D eigenvalue weighted by Crippen LogP contribution is 2.38. The summed E-state index contributed by atoms with van der Waals surface area (Å²) in [5.41, 5.74) is 1.29. The highest BCUT2D eigenvalue weighted by molar-refractivity contribution is 5.94. The second kappa shape index (κ2) is 9.20. The maximum absolute atomic E-state index is 14.0. The van der Waals surface area contributed by atoms with Crippen molar-refractivity contribution in [1.29, 1.82) is 0 Å². The fourth-order valence-corrected chi connectivity index (χ4v) is 3.89. The van der Waals surface area contributed by atoms with Crippen LogP contribution in [0.2, 0.25) is 0 Å². The molecule has 23 heavy (non-hydrogen) atoms. The van der Waals surface area contributed by atoms with E-state index in [0.29, 0.717) is 5.92 Å². The van der Waals surface area contributed by atoms with Crippen LogP contribution in [0.4, 0.5) is 4.39 Å². The predicted octanol–water partition coefficient (Wildman–Crippen LogP) is 6.66. The number of hydrogen-bond donors (Lipinski definition) is 0. The Morgan fingerprint density at radius 2 is 1.78 bits per heavy atom. The highest BCUT2D eigenvalue weighted by atomic mass is 19.1. The normalized spacial score (nSPS) is 21.3. The molecule has 0 unspecified atom stereocenters. The number of halogens is 1. The van der Waals surface area contributed by atoms with Crippen LogP contribution in [0.25, 0.3) is 0 Å². The van der Waals surface area contributed by atoms with Crippen molar-refractivity contribution in [2.45, 2.75) is 84.0 Å². The summed E-state index contributed by atoms with van der Waals surface area (Å²) in [5, 5.41) is 0. The molecule has 2 heteroatoms. The van der Waals surface area contributed by atoms with Gasteiger partial charge in [-0.25, -0.2) is 4.39 Å². The second-order valence-electron chi connectivity index (χ2n) is 7.22. The maximum Gasteiger partial charge on any atom is 0.162 e. The van der Waals surface area contributed by atoms with Crippen LogP contribution in [0.3, 0.4) is 0 Å². The van der Waals surface area contributed by atoms with Gasteiger partial charge < -0.3 is 0 Å². The Morgan fingerprint density at radius 1 is 1.09 bits per heavy atom. The van der Waals surface area contributed by atoms with E-state index in [1.807, 2.05) is 6.07 Å². The molecule has 0 saturated heterocycles. The minimum atomic E-state index is -0.354. The van der Waals surface area contributed by atoms with Gasteiger partial charge in [-0.2, -0.15) is 0 Å². The zero-order chi connectivity index (χ0) is 16.7. The van der Waals surface area contributed by atoms with Crippen LogP contribution >= 0.6 is 0 Å².